The molecule has 6 heteroatoms. The van der Waals surface area contributed by atoms with Crippen LogP contribution in [0.15, 0.2) is 24.3 Å². The number of rotatable bonds is 6. The fraction of sp³-hybridized carbons (Fsp3) is 0.579. The molecule has 1 heterocycles. The fourth-order valence-electron chi connectivity index (χ4n) is 3.11. The van der Waals surface area contributed by atoms with E-state index >= 15 is 0 Å². The minimum Gasteiger partial charge on any atom is -0.496 e. The summed E-state index contributed by atoms with van der Waals surface area (Å²) in [6.07, 6.45) is 4.90. The number of amides is 3. The molecule has 0 bridgehead atoms. The summed E-state index contributed by atoms with van der Waals surface area (Å²) in [6, 6.07) is 7.13. The Labute approximate surface area is 149 Å². The van der Waals surface area contributed by atoms with Crippen LogP contribution in [0.2, 0.25) is 0 Å². The molecule has 1 fully saturated rings. The molecule has 1 saturated heterocycles. The van der Waals surface area contributed by atoms with E-state index in [0.29, 0.717) is 13.0 Å². The smallest absolute Gasteiger partial charge is 0.315 e. The van der Waals surface area contributed by atoms with Crippen molar-refractivity contribution in [2.24, 2.45) is 0 Å². The van der Waals surface area contributed by atoms with Gasteiger partial charge in [0.1, 0.15) is 5.75 Å². The summed E-state index contributed by atoms with van der Waals surface area (Å²) in [7, 11) is 1.61. The predicted octanol–water partition coefficient (Wildman–Crippen LogP) is 2.85. The van der Waals surface area contributed by atoms with Crippen LogP contribution in [-0.2, 0) is 4.79 Å². The molecule has 1 aromatic carbocycles. The Morgan fingerprint density at radius 1 is 1.16 bits per heavy atom. The highest BCUT2D eigenvalue weighted by Gasteiger charge is 2.16. The second-order valence-electron chi connectivity index (χ2n) is 6.41. The number of nitrogens with one attached hydrogen (secondary N) is 2. The minimum absolute atomic E-state index is 0.125. The van der Waals surface area contributed by atoms with E-state index in [1.54, 1.807) is 7.11 Å². The van der Waals surface area contributed by atoms with E-state index in [1.807, 2.05) is 36.1 Å². The molecule has 138 valence electrons. The standard InChI is InChI=1S/C19H29N3O3/c1-15(16-9-5-6-10-17(16)25-2)21-19(24)20-12-11-18(23)22-13-7-3-4-8-14-22/h5-6,9-10,15H,3-4,7-8,11-14H2,1-2H3,(H2,20,21,24)/t15-/m0/s1. The van der Waals surface area contributed by atoms with Crippen molar-refractivity contribution < 1.29 is 14.3 Å². The van der Waals surface area contributed by atoms with Crippen LogP contribution in [0, 0.1) is 0 Å². The SMILES string of the molecule is COc1ccccc1[C@H](C)NC(=O)NCCC(=O)N1CCCCCC1. The lowest BCUT2D eigenvalue weighted by atomic mass is 10.1. The van der Waals surface area contributed by atoms with Crippen LogP contribution < -0.4 is 15.4 Å². The fourth-order valence-corrected chi connectivity index (χ4v) is 3.11. The van der Waals surface area contributed by atoms with Gasteiger partial charge in [0.2, 0.25) is 5.91 Å². The molecule has 2 rings (SSSR count). The molecule has 0 aromatic heterocycles. The lowest BCUT2D eigenvalue weighted by Gasteiger charge is -2.21. The van der Waals surface area contributed by atoms with Gasteiger partial charge in [-0.15, -0.1) is 0 Å². The van der Waals surface area contributed by atoms with Gasteiger partial charge in [0.15, 0.2) is 0 Å². The summed E-state index contributed by atoms with van der Waals surface area (Å²) < 4.78 is 5.32. The number of hydrogen-bond acceptors (Lipinski definition) is 3. The normalized spacial score (nSPS) is 15.8. The number of hydrogen-bond donors (Lipinski definition) is 2. The van der Waals surface area contributed by atoms with Crippen LogP contribution in [0.5, 0.6) is 5.75 Å². The summed E-state index contributed by atoms with van der Waals surface area (Å²) in [5, 5.41) is 5.65. The molecular formula is C19H29N3O3. The number of nitrogens with zero attached hydrogens (tertiary/aromatic N) is 1. The molecule has 1 aliphatic heterocycles. The second-order valence-corrected chi connectivity index (χ2v) is 6.41. The van der Waals surface area contributed by atoms with Gasteiger partial charge >= 0.3 is 6.03 Å². The van der Waals surface area contributed by atoms with Crippen molar-refractivity contribution in [2.45, 2.75) is 45.1 Å². The molecule has 0 aliphatic carbocycles. The number of methoxy groups -OCH3 is 1. The van der Waals surface area contributed by atoms with Crippen LogP contribution in [0.1, 0.15) is 50.6 Å². The zero-order chi connectivity index (χ0) is 18.1. The number of carbonyl (C=O) groups is 2. The predicted molar refractivity (Wildman–Crippen MR) is 97.6 cm³/mol. The second kappa shape index (κ2) is 9.91. The van der Waals surface area contributed by atoms with Crippen molar-refractivity contribution >= 4 is 11.9 Å². The number of carbonyl (C=O) groups excluding carboxylic acids is 2. The highest BCUT2D eigenvalue weighted by Crippen LogP contribution is 2.24. The Balaban J connectivity index is 1.73. The third-order valence-electron chi connectivity index (χ3n) is 4.54. The summed E-state index contributed by atoms with van der Waals surface area (Å²) in [5.74, 6) is 0.867. The van der Waals surface area contributed by atoms with Crippen molar-refractivity contribution in [2.75, 3.05) is 26.7 Å². The first kappa shape index (κ1) is 19.1. The number of likely N-dealkylation sites (tertiary alicyclic amines) is 1. The number of benzene rings is 1. The zero-order valence-corrected chi connectivity index (χ0v) is 15.2. The summed E-state index contributed by atoms with van der Waals surface area (Å²) >= 11 is 0. The Hall–Kier alpha value is -2.24. The maximum atomic E-state index is 12.2. The van der Waals surface area contributed by atoms with Crippen LogP contribution in [0.3, 0.4) is 0 Å². The van der Waals surface area contributed by atoms with Gasteiger partial charge in [-0.3, -0.25) is 4.79 Å². The first-order valence-electron chi connectivity index (χ1n) is 9.07. The van der Waals surface area contributed by atoms with E-state index < -0.39 is 0 Å². The molecule has 1 aliphatic rings. The van der Waals surface area contributed by atoms with Crippen LogP contribution in [0.4, 0.5) is 4.79 Å². The average molecular weight is 347 g/mol. The van der Waals surface area contributed by atoms with Gasteiger partial charge in [-0.2, -0.15) is 0 Å². The third kappa shape index (κ3) is 5.96. The maximum absolute atomic E-state index is 12.2. The minimum atomic E-state index is -0.276. The molecule has 6 nitrogen and oxygen atoms in total. The largest absolute Gasteiger partial charge is 0.496 e. The van der Waals surface area contributed by atoms with Crippen molar-refractivity contribution in [1.29, 1.82) is 0 Å². The van der Waals surface area contributed by atoms with E-state index in [1.165, 1.54) is 12.8 Å². The van der Waals surface area contributed by atoms with Crippen molar-refractivity contribution in [3.63, 3.8) is 0 Å². The molecule has 0 spiro atoms. The Kier molecular flexibility index (Phi) is 7.57. The number of ether oxygens (including phenoxy) is 1. The Morgan fingerprint density at radius 2 is 1.84 bits per heavy atom. The van der Waals surface area contributed by atoms with E-state index in [4.69, 9.17) is 4.74 Å². The summed E-state index contributed by atoms with van der Waals surface area (Å²) in [6.45, 7) is 3.94. The third-order valence-corrected chi connectivity index (χ3v) is 4.54. The van der Waals surface area contributed by atoms with Crippen LogP contribution >= 0.6 is 0 Å². The van der Waals surface area contributed by atoms with E-state index in [2.05, 4.69) is 10.6 Å². The van der Waals surface area contributed by atoms with Crippen LogP contribution in [0.25, 0.3) is 0 Å². The topological polar surface area (TPSA) is 70.7 Å². The Morgan fingerprint density at radius 3 is 2.52 bits per heavy atom. The van der Waals surface area contributed by atoms with Gasteiger partial charge in [0.25, 0.3) is 0 Å². The quantitative estimate of drug-likeness (QED) is 0.831. The monoisotopic (exact) mass is 347 g/mol. The van der Waals surface area contributed by atoms with Gasteiger partial charge in [0, 0.05) is 31.6 Å². The lowest BCUT2D eigenvalue weighted by Crippen LogP contribution is -2.40. The van der Waals surface area contributed by atoms with Gasteiger partial charge in [0.05, 0.1) is 13.2 Å². The molecule has 0 radical (unpaired) electrons. The van der Waals surface area contributed by atoms with Gasteiger partial charge in [-0.25, -0.2) is 4.79 Å². The first-order chi connectivity index (χ1) is 12.1. The zero-order valence-electron chi connectivity index (χ0n) is 15.2. The number of urea groups is 1. The molecule has 1 atom stereocenters. The molecular weight excluding hydrogens is 318 g/mol. The van der Waals surface area contributed by atoms with Crippen LogP contribution in [-0.4, -0.2) is 43.6 Å². The maximum Gasteiger partial charge on any atom is 0.315 e. The van der Waals surface area contributed by atoms with Gasteiger partial charge < -0.3 is 20.3 Å². The lowest BCUT2D eigenvalue weighted by molar-refractivity contribution is -0.131. The summed E-state index contributed by atoms with van der Waals surface area (Å²) in [4.78, 5) is 26.2. The van der Waals surface area contributed by atoms with Crippen molar-refractivity contribution in [1.82, 2.24) is 15.5 Å². The molecule has 0 saturated carbocycles. The molecule has 2 N–H and O–H groups in total. The summed E-state index contributed by atoms with van der Waals surface area (Å²) in [5.41, 5.74) is 0.917. The van der Waals surface area contributed by atoms with Gasteiger partial charge in [-0.1, -0.05) is 31.0 Å². The van der Waals surface area contributed by atoms with E-state index in [-0.39, 0.29) is 18.0 Å². The highest BCUT2D eigenvalue weighted by molar-refractivity contribution is 5.78. The van der Waals surface area contributed by atoms with Crippen molar-refractivity contribution in [3.8, 4) is 5.75 Å². The Bertz CT molecular complexity index is 569. The molecule has 1 aromatic rings. The van der Waals surface area contributed by atoms with Gasteiger partial charge in [-0.05, 0) is 25.8 Å². The van der Waals surface area contributed by atoms with Crippen molar-refractivity contribution in [3.05, 3.63) is 29.8 Å². The average Bonchev–Trinajstić information content (AvgIpc) is 2.91. The first-order valence-corrected chi connectivity index (χ1v) is 9.07. The highest BCUT2D eigenvalue weighted by atomic mass is 16.5. The molecule has 25 heavy (non-hydrogen) atoms. The van der Waals surface area contributed by atoms with E-state index in [9.17, 15) is 9.59 Å². The molecule has 0 unspecified atom stereocenters. The van der Waals surface area contributed by atoms with E-state index in [0.717, 1.165) is 37.2 Å². The molecule has 3 amide bonds. The number of para-hydroxylation sites is 1.